The van der Waals surface area contributed by atoms with E-state index in [1.807, 2.05) is 47.6 Å². The number of anilines is 1. The summed E-state index contributed by atoms with van der Waals surface area (Å²) >= 11 is 0. The van der Waals surface area contributed by atoms with Crippen molar-refractivity contribution in [1.82, 2.24) is 4.98 Å². The Morgan fingerprint density at radius 2 is 1.37 bits per heavy atom. The second-order valence-electron chi connectivity index (χ2n) is 3.74. The van der Waals surface area contributed by atoms with E-state index >= 15 is 0 Å². The Morgan fingerprint density at radius 1 is 0.852 bits per heavy atom. The van der Waals surface area contributed by atoms with Gasteiger partial charge in [0.25, 0.3) is 5.91 Å². The molecule has 149 valence electrons. The predicted molar refractivity (Wildman–Crippen MR) is 110 cm³/mol. The number of pyridine rings is 1. The van der Waals surface area contributed by atoms with Gasteiger partial charge in [-0.25, -0.2) is 9.78 Å². The Balaban J connectivity index is -0.000000301. The molecule has 0 aliphatic carbocycles. The number of aromatic nitrogens is 1. The van der Waals surface area contributed by atoms with Crippen molar-refractivity contribution in [2.24, 2.45) is 0 Å². The molecular weight excluding hydrogens is 417 g/mol. The molecule has 1 aromatic heterocycles. The normalized spacial score (nSPS) is 7.52. The van der Waals surface area contributed by atoms with E-state index in [0.29, 0.717) is 16.9 Å². The molecular formula is C21H33N2O3Y-. The van der Waals surface area contributed by atoms with Crippen molar-refractivity contribution in [3.8, 4) is 0 Å². The van der Waals surface area contributed by atoms with Crippen LogP contribution in [0.2, 0.25) is 0 Å². The summed E-state index contributed by atoms with van der Waals surface area (Å²) in [6, 6.07) is 11.9. The third-order valence-electron chi connectivity index (χ3n) is 2.46. The summed E-state index contributed by atoms with van der Waals surface area (Å²) in [6.07, 6.45) is 1.35. The fourth-order valence-electron chi connectivity index (χ4n) is 1.48. The van der Waals surface area contributed by atoms with Crippen LogP contribution in [-0.4, -0.2) is 24.0 Å². The standard InChI is InChI=1S/C14H12N2O3.3C2H6.CH3.Y/c1-19-14(18)11-7-8-12(15-9-11)16-13(17)10-5-3-2-4-6-10;3*1-2;;/h2-9H,1H3,(H,15,16,17);3*1-2H3;1H3;/q;;;;-1;. The van der Waals surface area contributed by atoms with E-state index in [-0.39, 0.29) is 46.0 Å². The molecule has 1 radical (unpaired) electrons. The van der Waals surface area contributed by atoms with Gasteiger partial charge < -0.3 is 17.5 Å². The van der Waals surface area contributed by atoms with Crippen LogP contribution in [0.25, 0.3) is 0 Å². The molecule has 0 unspecified atom stereocenters. The summed E-state index contributed by atoms with van der Waals surface area (Å²) < 4.78 is 4.56. The Labute approximate surface area is 190 Å². The first-order valence-corrected chi connectivity index (χ1v) is 8.61. The maximum Gasteiger partial charge on any atom is 0.339 e. The number of methoxy groups -OCH3 is 1. The van der Waals surface area contributed by atoms with Gasteiger partial charge in [0.15, 0.2) is 0 Å². The molecule has 1 aromatic carbocycles. The fourth-order valence-corrected chi connectivity index (χ4v) is 1.48. The van der Waals surface area contributed by atoms with Crippen LogP contribution < -0.4 is 5.32 Å². The van der Waals surface area contributed by atoms with E-state index in [1.165, 1.54) is 13.3 Å². The summed E-state index contributed by atoms with van der Waals surface area (Å²) in [5.41, 5.74) is 0.876. The summed E-state index contributed by atoms with van der Waals surface area (Å²) in [6.45, 7) is 12.0. The molecule has 27 heavy (non-hydrogen) atoms. The average molecular weight is 450 g/mol. The van der Waals surface area contributed by atoms with Crippen LogP contribution in [-0.2, 0) is 37.4 Å². The first-order valence-electron chi connectivity index (χ1n) is 8.61. The van der Waals surface area contributed by atoms with E-state index in [1.54, 1.807) is 36.4 Å². The van der Waals surface area contributed by atoms with Crippen molar-refractivity contribution in [3.63, 3.8) is 0 Å². The second-order valence-corrected chi connectivity index (χ2v) is 3.74. The van der Waals surface area contributed by atoms with Gasteiger partial charge in [-0.2, -0.15) is 0 Å². The van der Waals surface area contributed by atoms with Gasteiger partial charge in [-0.1, -0.05) is 59.7 Å². The fraction of sp³-hybridized carbons (Fsp3) is 0.333. The summed E-state index contributed by atoms with van der Waals surface area (Å²) in [5.74, 6) is -0.339. The number of esters is 1. The summed E-state index contributed by atoms with van der Waals surface area (Å²) in [4.78, 5) is 27.0. The Kier molecular flexibility index (Phi) is 27.5. The van der Waals surface area contributed by atoms with Gasteiger partial charge >= 0.3 is 5.97 Å². The van der Waals surface area contributed by atoms with Gasteiger partial charge in [-0.15, -0.1) is 0 Å². The molecule has 0 saturated carbocycles. The zero-order chi connectivity index (χ0) is 19.7. The molecule has 6 heteroatoms. The molecule has 0 aliphatic rings. The quantitative estimate of drug-likeness (QED) is 0.485. The minimum Gasteiger partial charge on any atom is -0.465 e. The third-order valence-corrected chi connectivity index (χ3v) is 2.46. The van der Waals surface area contributed by atoms with Crippen molar-refractivity contribution >= 4 is 17.7 Å². The van der Waals surface area contributed by atoms with E-state index in [9.17, 15) is 9.59 Å². The maximum atomic E-state index is 11.8. The van der Waals surface area contributed by atoms with Crippen molar-refractivity contribution in [2.45, 2.75) is 41.5 Å². The van der Waals surface area contributed by atoms with Crippen LogP contribution in [0.1, 0.15) is 62.3 Å². The monoisotopic (exact) mass is 450 g/mol. The van der Waals surface area contributed by atoms with E-state index < -0.39 is 5.97 Å². The number of nitrogens with one attached hydrogen (secondary N) is 1. The molecule has 0 saturated heterocycles. The largest absolute Gasteiger partial charge is 0.465 e. The van der Waals surface area contributed by atoms with Crippen molar-refractivity contribution in [2.75, 3.05) is 12.4 Å². The SMILES string of the molecule is CC.CC.CC.COC(=O)c1ccc(NC(=O)c2ccccc2)nc1.[CH3-].[Y]. The summed E-state index contributed by atoms with van der Waals surface area (Å²) in [5, 5.41) is 2.64. The Morgan fingerprint density at radius 3 is 1.78 bits per heavy atom. The smallest absolute Gasteiger partial charge is 0.339 e. The van der Waals surface area contributed by atoms with Gasteiger partial charge in [-0.05, 0) is 24.3 Å². The molecule has 1 amide bonds. The third kappa shape index (κ3) is 13.3. The van der Waals surface area contributed by atoms with Crippen molar-refractivity contribution in [3.05, 3.63) is 67.2 Å². The van der Waals surface area contributed by atoms with Gasteiger partial charge in [0.2, 0.25) is 0 Å². The molecule has 0 atom stereocenters. The second kappa shape index (κ2) is 22.5. The van der Waals surface area contributed by atoms with Crippen LogP contribution in [0.3, 0.4) is 0 Å². The molecule has 0 spiro atoms. The number of carbonyl (C=O) groups is 2. The van der Waals surface area contributed by atoms with Crippen molar-refractivity contribution < 1.29 is 47.0 Å². The number of hydrogen-bond acceptors (Lipinski definition) is 4. The molecule has 1 N–H and O–H groups in total. The van der Waals surface area contributed by atoms with E-state index in [2.05, 4.69) is 15.0 Å². The van der Waals surface area contributed by atoms with E-state index in [4.69, 9.17) is 0 Å². The van der Waals surface area contributed by atoms with Gasteiger partial charge in [-0.3, -0.25) is 4.79 Å². The molecule has 0 bridgehead atoms. The van der Waals surface area contributed by atoms with Crippen LogP contribution in [0, 0.1) is 7.43 Å². The first-order chi connectivity index (χ1) is 12.2. The molecule has 5 nitrogen and oxygen atoms in total. The number of nitrogens with zero attached hydrogens (tertiary/aromatic N) is 1. The molecule has 1 heterocycles. The number of amides is 1. The summed E-state index contributed by atoms with van der Waals surface area (Å²) in [7, 11) is 1.30. The Bertz CT molecular complexity index is 588. The zero-order valence-electron chi connectivity index (χ0n) is 17.9. The van der Waals surface area contributed by atoms with E-state index in [0.717, 1.165) is 0 Å². The van der Waals surface area contributed by atoms with Crippen LogP contribution in [0.15, 0.2) is 48.7 Å². The van der Waals surface area contributed by atoms with Crippen LogP contribution in [0.5, 0.6) is 0 Å². The minimum absolute atomic E-state index is 0. The van der Waals surface area contributed by atoms with Gasteiger partial charge in [0.1, 0.15) is 5.82 Å². The topological polar surface area (TPSA) is 68.3 Å². The number of rotatable bonds is 3. The number of carbonyl (C=O) groups excluding carboxylic acids is 2. The van der Waals surface area contributed by atoms with Crippen LogP contribution >= 0.6 is 0 Å². The predicted octanol–water partition coefficient (Wildman–Crippen LogP) is 5.65. The van der Waals surface area contributed by atoms with Gasteiger partial charge in [0.05, 0.1) is 12.7 Å². The van der Waals surface area contributed by atoms with Crippen molar-refractivity contribution in [1.29, 1.82) is 0 Å². The number of benzene rings is 1. The molecule has 2 rings (SSSR count). The minimum atomic E-state index is -0.464. The average Bonchev–Trinajstić information content (AvgIpc) is 2.73. The molecule has 0 fully saturated rings. The number of ether oxygens (including phenoxy) is 1. The first kappa shape index (κ1) is 33.0. The number of hydrogen-bond donors (Lipinski definition) is 1. The zero-order valence-corrected chi connectivity index (χ0v) is 20.7. The van der Waals surface area contributed by atoms with Gasteiger partial charge in [0, 0.05) is 44.5 Å². The maximum absolute atomic E-state index is 11.8. The molecule has 2 aromatic rings. The Hall–Kier alpha value is -1.59. The molecule has 0 aliphatic heterocycles. The van der Waals surface area contributed by atoms with Crippen LogP contribution in [0.4, 0.5) is 5.82 Å².